The topological polar surface area (TPSA) is 66.4 Å². The third-order valence-corrected chi connectivity index (χ3v) is 8.92. The molecular weight excluding hydrogens is 326 g/mol. The largest absolute Gasteiger partial charge is 0.385 e. The number of hydrogen-bond acceptors (Lipinski definition) is 3. The SMILES string of the molecule is C=C1C(=O)[C@@]23CCC4[C@](C)(C(=O)NCC)CCC[C@@]4(C)[C@@H]2CC[C@@]1(O)C3. The lowest BCUT2D eigenvalue weighted by Gasteiger charge is -2.63. The zero-order chi connectivity index (χ0) is 19.0. The van der Waals surface area contributed by atoms with Crippen molar-refractivity contribution in [1.29, 1.82) is 0 Å². The van der Waals surface area contributed by atoms with Crippen molar-refractivity contribution in [2.24, 2.45) is 28.1 Å². The van der Waals surface area contributed by atoms with Crippen molar-refractivity contribution in [3.05, 3.63) is 12.2 Å². The van der Waals surface area contributed by atoms with Crippen molar-refractivity contribution in [2.45, 2.75) is 77.7 Å². The van der Waals surface area contributed by atoms with Crippen molar-refractivity contribution >= 4 is 11.7 Å². The highest BCUT2D eigenvalue weighted by Gasteiger charge is 2.70. The van der Waals surface area contributed by atoms with Gasteiger partial charge in [-0.3, -0.25) is 9.59 Å². The fourth-order valence-corrected chi connectivity index (χ4v) is 7.75. The number of Topliss-reactive ketones (excluding diaryl/α,β-unsaturated/α-hetero) is 1. The molecule has 2 N–H and O–H groups in total. The summed E-state index contributed by atoms with van der Waals surface area (Å²) in [6.07, 6.45) is 6.82. The molecule has 0 radical (unpaired) electrons. The first-order valence-corrected chi connectivity index (χ1v) is 10.4. The molecule has 6 atom stereocenters. The normalized spacial score (nSPS) is 50.2. The van der Waals surface area contributed by atoms with E-state index in [0.29, 0.717) is 30.9 Å². The van der Waals surface area contributed by atoms with Gasteiger partial charge in [-0.1, -0.05) is 26.8 Å². The van der Waals surface area contributed by atoms with E-state index in [1.54, 1.807) is 0 Å². The molecule has 0 aliphatic heterocycles. The minimum Gasteiger partial charge on any atom is -0.385 e. The lowest BCUT2D eigenvalue weighted by Crippen LogP contribution is -2.61. The molecule has 4 heteroatoms. The molecule has 4 fully saturated rings. The number of nitrogens with one attached hydrogen (secondary N) is 1. The van der Waals surface area contributed by atoms with E-state index in [4.69, 9.17) is 0 Å². The van der Waals surface area contributed by atoms with Gasteiger partial charge in [-0.25, -0.2) is 0 Å². The van der Waals surface area contributed by atoms with Crippen LogP contribution in [0.2, 0.25) is 0 Å². The Morgan fingerprint density at radius 3 is 2.58 bits per heavy atom. The van der Waals surface area contributed by atoms with Gasteiger partial charge in [0.15, 0.2) is 5.78 Å². The van der Waals surface area contributed by atoms with Gasteiger partial charge in [0, 0.05) is 22.9 Å². The molecule has 4 rings (SSSR count). The van der Waals surface area contributed by atoms with Gasteiger partial charge in [-0.05, 0) is 69.1 Å². The van der Waals surface area contributed by atoms with E-state index in [0.717, 1.165) is 38.5 Å². The third-order valence-electron chi connectivity index (χ3n) is 8.92. The summed E-state index contributed by atoms with van der Waals surface area (Å²) in [5, 5.41) is 14.0. The molecule has 0 aromatic heterocycles. The van der Waals surface area contributed by atoms with Crippen LogP contribution in [0, 0.1) is 28.1 Å². The van der Waals surface area contributed by atoms with Crippen molar-refractivity contribution in [3.63, 3.8) is 0 Å². The van der Waals surface area contributed by atoms with E-state index >= 15 is 0 Å². The Morgan fingerprint density at radius 1 is 1.19 bits per heavy atom. The van der Waals surface area contributed by atoms with Crippen LogP contribution in [-0.2, 0) is 9.59 Å². The zero-order valence-electron chi connectivity index (χ0n) is 16.5. The summed E-state index contributed by atoms with van der Waals surface area (Å²) in [4.78, 5) is 26.2. The Morgan fingerprint density at radius 2 is 1.88 bits per heavy atom. The minimum atomic E-state index is -0.978. The maximum Gasteiger partial charge on any atom is 0.226 e. The first kappa shape index (κ1) is 18.2. The molecule has 4 aliphatic rings. The summed E-state index contributed by atoms with van der Waals surface area (Å²) in [6.45, 7) is 11.1. The summed E-state index contributed by atoms with van der Waals surface area (Å²) in [6, 6.07) is 0. The first-order chi connectivity index (χ1) is 12.1. The van der Waals surface area contributed by atoms with Crippen LogP contribution >= 0.6 is 0 Å². The smallest absolute Gasteiger partial charge is 0.226 e. The van der Waals surface area contributed by atoms with E-state index in [1.165, 1.54) is 0 Å². The second-order valence-electron chi connectivity index (χ2n) is 9.99. The fraction of sp³-hybridized carbons (Fsp3) is 0.818. The average Bonchev–Trinajstić information content (AvgIpc) is 2.72. The number of aliphatic hydroxyl groups is 1. The zero-order valence-corrected chi connectivity index (χ0v) is 16.5. The molecule has 1 amide bonds. The first-order valence-electron chi connectivity index (χ1n) is 10.4. The van der Waals surface area contributed by atoms with E-state index in [1.807, 2.05) is 6.92 Å². The molecule has 0 aromatic rings. The Kier molecular flexibility index (Phi) is 3.81. The monoisotopic (exact) mass is 359 g/mol. The van der Waals surface area contributed by atoms with E-state index in [-0.39, 0.29) is 28.4 Å². The average molecular weight is 360 g/mol. The van der Waals surface area contributed by atoms with Crippen LogP contribution in [0.3, 0.4) is 0 Å². The summed E-state index contributed by atoms with van der Waals surface area (Å²) in [5.74, 6) is 0.863. The van der Waals surface area contributed by atoms with Crippen molar-refractivity contribution < 1.29 is 14.7 Å². The maximum atomic E-state index is 13.2. The van der Waals surface area contributed by atoms with Gasteiger partial charge in [0.05, 0.1) is 5.60 Å². The molecule has 144 valence electrons. The van der Waals surface area contributed by atoms with Gasteiger partial charge in [0.1, 0.15) is 0 Å². The van der Waals surface area contributed by atoms with Crippen molar-refractivity contribution in [1.82, 2.24) is 5.32 Å². The number of amides is 1. The van der Waals surface area contributed by atoms with E-state index < -0.39 is 11.0 Å². The molecule has 4 nitrogen and oxygen atoms in total. The predicted octanol–water partition coefficient (Wildman–Crippen LogP) is 3.39. The molecule has 4 saturated carbocycles. The van der Waals surface area contributed by atoms with Crippen LogP contribution in [0.4, 0.5) is 0 Å². The van der Waals surface area contributed by atoms with Crippen molar-refractivity contribution in [2.75, 3.05) is 6.54 Å². The Bertz CT molecular complexity index is 687. The number of ketones is 1. The summed E-state index contributed by atoms with van der Waals surface area (Å²) >= 11 is 0. The van der Waals surface area contributed by atoms with Crippen LogP contribution < -0.4 is 5.32 Å². The lowest BCUT2D eigenvalue weighted by molar-refractivity contribution is -0.178. The lowest BCUT2D eigenvalue weighted by atomic mass is 9.40. The fourth-order valence-electron chi connectivity index (χ4n) is 7.75. The summed E-state index contributed by atoms with van der Waals surface area (Å²) < 4.78 is 0. The Labute approximate surface area is 156 Å². The van der Waals surface area contributed by atoms with Crippen LogP contribution in [0.25, 0.3) is 0 Å². The second-order valence-corrected chi connectivity index (χ2v) is 9.99. The van der Waals surface area contributed by atoms with Gasteiger partial charge < -0.3 is 10.4 Å². The predicted molar refractivity (Wildman–Crippen MR) is 100 cm³/mol. The third kappa shape index (κ3) is 2.00. The second kappa shape index (κ2) is 5.43. The molecule has 0 heterocycles. The van der Waals surface area contributed by atoms with Crippen LogP contribution in [0.1, 0.15) is 72.1 Å². The van der Waals surface area contributed by atoms with Gasteiger partial charge in [-0.2, -0.15) is 0 Å². The minimum absolute atomic E-state index is 0.0159. The highest BCUT2D eigenvalue weighted by Crippen LogP contribution is 2.71. The van der Waals surface area contributed by atoms with Crippen LogP contribution in [-0.4, -0.2) is 28.9 Å². The number of rotatable bonds is 2. The highest BCUT2D eigenvalue weighted by molar-refractivity contribution is 6.04. The standard InChI is InChI=1S/C22H33NO3/c1-5-23-18(25)20(4)10-6-9-19(3)15(20)7-11-21-13-22(26,12-8-16(19)21)14(2)17(21)24/h15-16,26H,2,5-13H2,1,3-4H3,(H,23,25)/t15?,16-,19+,20+,21+,22+/m0/s1. The van der Waals surface area contributed by atoms with E-state index in [2.05, 4.69) is 25.7 Å². The molecule has 4 aliphatic carbocycles. The Hall–Kier alpha value is -1.16. The summed E-state index contributed by atoms with van der Waals surface area (Å²) in [7, 11) is 0. The summed E-state index contributed by atoms with van der Waals surface area (Å²) in [5.41, 5.74) is -1.33. The number of fused-ring (bicyclic) bond motifs is 3. The Balaban J connectivity index is 1.75. The van der Waals surface area contributed by atoms with Crippen molar-refractivity contribution in [3.8, 4) is 0 Å². The number of hydrogen-bond donors (Lipinski definition) is 2. The number of carbonyl (C=O) groups is 2. The molecular formula is C22H33NO3. The number of carbonyl (C=O) groups excluding carboxylic acids is 2. The molecule has 2 bridgehead atoms. The van der Waals surface area contributed by atoms with Gasteiger partial charge in [-0.15, -0.1) is 0 Å². The molecule has 1 spiro atoms. The quantitative estimate of drug-likeness (QED) is 0.743. The maximum absolute atomic E-state index is 13.2. The van der Waals surface area contributed by atoms with Crippen LogP contribution in [0.15, 0.2) is 12.2 Å². The van der Waals surface area contributed by atoms with Gasteiger partial charge in [0.25, 0.3) is 0 Å². The molecule has 26 heavy (non-hydrogen) atoms. The van der Waals surface area contributed by atoms with Crippen LogP contribution in [0.5, 0.6) is 0 Å². The van der Waals surface area contributed by atoms with Gasteiger partial charge in [0.2, 0.25) is 5.91 Å². The molecule has 0 saturated heterocycles. The molecule has 1 unspecified atom stereocenters. The van der Waals surface area contributed by atoms with Gasteiger partial charge >= 0.3 is 0 Å². The van der Waals surface area contributed by atoms with E-state index in [9.17, 15) is 14.7 Å². The molecule has 0 aromatic carbocycles. The highest BCUT2D eigenvalue weighted by atomic mass is 16.3.